The maximum absolute atomic E-state index is 14.3. The van der Waals surface area contributed by atoms with Crippen molar-refractivity contribution in [1.82, 2.24) is 9.80 Å². The number of halogens is 2. The van der Waals surface area contributed by atoms with Crippen LogP contribution in [0.1, 0.15) is 23.6 Å². The lowest BCUT2D eigenvalue weighted by Crippen LogP contribution is -2.56. The number of fused-ring (bicyclic) bond motifs is 2. The first-order valence-electron chi connectivity index (χ1n) is 12.1. The molecule has 3 aromatic carbocycles. The Kier molecular flexibility index (Phi) is 7.22. The van der Waals surface area contributed by atoms with Crippen LogP contribution in [0.3, 0.4) is 0 Å². The number of rotatable bonds is 5. The lowest BCUT2D eigenvalue weighted by Gasteiger charge is -2.28. The number of ether oxygens (including phenoxy) is 2. The van der Waals surface area contributed by atoms with Crippen molar-refractivity contribution in [2.24, 2.45) is 0 Å². The average Bonchev–Trinajstić information content (AvgIpc) is 3.33. The second-order valence-electron chi connectivity index (χ2n) is 8.86. The van der Waals surface area contributed by atoms with Crippen molar-refractivity contribution in [3.05, 3.63) is 99.5 Å². The molecular weight excluding hydrogens is 561 g/mol. The highest BCUT2D eigenvalue weighted by Gasteiger charge is 2.72. The normalized spacial score (nSPS) is 18.0. The van der Waals surface area contributed by atoms with Crippen molar-refractivity contribution in [2.75, 3.05) is 11.5 Å². The van der Waals surface area contributed by atoms with E-state index in [4.69, 9.17) is 32.7 Å². The summed E-state index contributed by atoms with van der Waals surface area (Å²) in [5.41, 5.74) is -1.09. The largest absolute Gasteiger partial charge is 0.449 e. The van der Waals surface area contributed by atoms with Gasteiger partial charge in [0.2, 0.25) is 5.54 Å². The fourth-order valence-electron chi connectivity index (χ4n) is 4.77. The standard InChI is InChI=1S/C28H21Cl2N3O7/c1-2-39-26(37)32-24(35)28(33(25(32)36)27(38)40-16-17-8-4-3-5-9-17)19-10-6-7-11-22(19)31(23(28)34)15-18-12-13-20(29)21(30)14-18/h3-14H,2,15-16H2,1H3/t28-/m1/s1. The predicted octanol–water partition coefficient (Wildman–Crippen LogP) is 5.49. The van der Waals surface area contributed by atoms with E-state index in [1.807, 2.05) is 0 Å². The van der Waals surface area contributed by atoms with Crippen LogP contribution in [-0.2, 0) is 37.8 Å². The number of urea groups is 1. The summed E-state index contributed by atoms with van der Waals surface area (Å²) in [6.45, 7) is 0.993. The number of para-hydroxylation sites is 1. The third kappa shape index (κ3) is 4.25. The third-order valence-corrected chi connectivity index (χ3v) is 7.27. The molecule has 0 aromatic heterocycles. The van der Waals surface area contributed by atoms with Crippen LogP contribution in [0, 0.1) is 0 Å². The van der Waals surface area contributed by atoms with Crippen LogP contribution in [-0.4, -0.2) is 46.4 Å². The third-order valence-electron chi connectivity index (χ3n) is 6.53. The van der Waals surface area contributed by atoms with Gasteiger partial charge in [-0.25, -0.2) is 14.4 Å². The van der Waals surface area contributed by atoms with E-state index in [2.05, 4.69) is 0 Å². The summed E-state index contributed by atoms with van der Waals surface area (Å²) >= 11 is 12.2. The maximum Gasteiger partial charge on any atom is 0.425 e. The lowest BCUT2D eigenvalue weighted by atomic mass is 9.90. The molecule has 1 saturated heterocycles. The van der Waals surface area contributed by atoms with E-state index < -0.39 is 35.6 Å². The topological polar surface area (TPSA) is 114 Å². The Morgan fingerprint density at radius 1 is 0.800 bits per heavy atom. The van der Waals surface area contributed by atoms with E-state index in [1.165, 1.54) is 17.9 Å². The van der Waals surface area contributed by atoms with E-state index in [0.29, 0.717) is 21.0 Å². The molecule has 1 atom stereocenters. The van der Waals surface area contributed by atoms with Gasteiger partial charge in [0.15, 0.2) is 0 Å². The van der Waals surface area contributed by atoms with Crippen LogP contribution < -0.4 is 4.90 Å². The Morgan fingerprint density at radius 3 is 2.20 bits per heavy atom. The van der Waals surface area contributed by atoms with Crippen LogP contribution in [0.2, 0.25) is 10.0 Å². The molecule has 6 amide bonds. The quantitative estimate of drug-likeness (QED) is 0.289. The SMILES string of the molecule is CCOC(=O)N1C(=O)N(C(=O)OCc2ccccc2)[C@@]2(C1=O)C(=O)N(Cc1ccc(Cl)c(Cl)c1)c1ccccc12. The minimum atomic E-state index is -2.54. The lowest BCUT2D eigenvalue weighted by molar-refractivity contribution is -0.140. The number of amides is 6. The highest BCUT2D eigenvalue weighted by atomic mass is 35.5. The van der Waals surface area contributed by atoms with Gasteiger partial charge >= 0.3 is 18.2 Å². The van der Waals surface area contributed by atoms with Crippen molar-refractivity contribution in [2.45, 2.75) is 25.6 Å². The average molecular weight is 582 g/mol. The van der Waals surface area contributed by atoms with Gasteiger partial charge in [-0.1, -0.05) is 77.8 Å². The molecule has 3 aromatic rings. The molecule has 12 heteroatoms. The van der Waals surface area contributed by atoms with E-state index in [0.717, 1.165) is 0 Å². The molecule has 0 N–H and O–H groups in total. The number of benzene rings is 3. The van der Waals surface area contributed by atoms with Crippen molar-refractivity contribution in [1.29, 1.82) is 0 Å². The van der Waals surface area contributed by atoms with Crippen LogP contribution in [0.4, 0.5) is 20.1 Å². The second kappa shape index (κ2) is 10.6. The zero-order chi connectivity index (χ0) is 28.6. The molecule has 204 valence electrons. The first kappa shape index (κ1) is 27.2. The smallest absolute Gasteiger partial charge is 0.425 e. The van der Waals surface area contributed by atoms with Gasteiger partial charge in [0.1, 0.15) is 6.61 Å². The Bertz CT molecular complexity index is 1550. The highest BCUT2D eigenvalue weighted by Crippen LogP contribution is 2.49. The number of anilines is 1. The fourth-order valence-corrected chi connectivity index (χ4v) is 5.09. The molecule has 2 aliphatic heterocycles. The molecule has 0 aliphatic carbocycles. The number of hydrogen-bond donors (Lipinski definition) is 0. The summed E-state index contributed by atoms with van der Waals surface area (Å²) in [7, 11) is 0. The first-order chi connectivity index (χ1) is 19.2. The van der Waals surface area contributed by atoms with Gasteiger partial charge in [0, 0.05) is 5.56 Å². The molecule has 0 radical (unpaired) electrons. The minimum absolute atomic E-state index is 0.0295. The molecule has 10 nitrogen and oxygen atoms in total. The van der Waals surface area contributed by atoms with Gasteiger partial charge in [-0.3, -0.25) is 9.59 Å². The van der Waals surface area contributed by atoms with Gasteiger partial charge in [-0.05, 0) is 36.2 Å². The van der Waals surface area contributed by atoms with E-state index in [-0.39, 0.29) is 40.9 Å². The van der Waals surface area contributed by atoms with Gasteiger partial charge in [-0.15, -0.1) is 0 Å². The van der Waals surface area contributed by atoms with Gasteiger partial charge in [0.05, 0.1) is 28.9 Å². The zero-order valence-electron chi connectivity index (χ0n) is 21.0. The number of imide groups is 4. The molecule has 0 bridgehead atoms. The number of carbonyl (C=O) groups is 5. The van der Waals surface area contributed by atoms with Crippen molar-refractivity contribution in [3.8, 4) is 0 Å². The summed E-state index contributed by atoms with van der Waals surface area (Å²) < 4.78 is 10.3. The predicted molar refractivity (Wildman–Crippen MR) is 144 cm³/mol. The summed E-state index contributed by atoms with van der Waals surface area (Å²) in [5, 5.41) is 0.560. The Morgan fingerprint density at radius 2 is 1.50 bits per heavy atom. The number of nitrogens with zero attached hydrogens (tertiary/aromatic N) is 3. The summed E-state index contributed by atoms with van der Waals surface area (Å²) in [5.74, 6) is -2.18. The van der Waals surface area contributed by atoms with Crippen LogP contribution in [0.25, 0.3) is 0 Å². The molecule has 0 saturated carbocycles. The van der Waals surface area contributed by atoms with Crippen molar-refractivity contribution >= 4 is 58.9 Å². The maximum atomic E-state index is 14.3. The Balaban J connectivity index is 1.61. The van der Waals surface area contributed by atoms with E-state index >= 15 is 0 Å². The fraction of sp³-hybridized carbons (Fsp3) is 0.179. The van der Waals surface area contributed by atoms with Crippen LogP contribution >= 0.6 is 23.2 Å². The Labute approximate surface area is 238 Å². The molecule has 0 unspecified atom stereocenters. The summed E-state index contributed by atoms with van der Waals surface area (Å²) in [6.07, 6.45) is -2.60. The summed E-state index contributed by atoms with van der Waals surface area (Å²) in [4.78, 5) is 69.9. The molecule has 5 rings (SSSR count). The van der Waals surface area contributed by atoms with E-state index in [9.17, 15) is 24.0 Å². The minimum Gasteiger partial charge on any atom is -0.449 e. The molecule has 2 heterocycles. The zero-order valence-corrected chi connectivity index (χ0v) is 22.5. The second-order valence-corrected chi connectivity index (χ2v) is 9.68. The van der Waals surface area contributed by atoms with Gasteiger partial charge < -0.3 is 14.4 Å². The Hall–Kier alpha value is -4.41. The molecule has 1 fully saturated rings. The molecule has 2 aliphatic rings. The number of hydrogen-bond acceptors (Lipinski definition) is 7. The van der Waals surface area contributed by atoms with Gasteiger partial charge in [-0.2, -0.15) is 9.80 Å². The van der Waals surface area contributed by atoms with Crippen molar-refractivity contribution in [3.63, 3.8) is 0 Å². The van der Waals surface area contributed by atoms with Gasteiger partial charge in [0.25, 0.3) is 11.8 Å². The molecule has 1 spiro atoms. The molecular formula is C28H21Cl2N3O7. The van der Waals surface area contributed by atoms with Crippen LogP contribution in [0.15, 0.2) is 72.8 Å². The van der Waals surface area contributed by atoms with Crippen LogP contribution in [0.5, 0.6) is 0 Å². The first-order valence-corrected chi connectivity index (χ1v) is 12.9. The van der Waals surface area contributed by atoms with E-state index in [1.54, 1.807) is 66.7 Å². The van der Waals surface area contributed by atoms with Crippen molar-refractivity contribution < 1.29 is 33.4 Å². The number of carbonyl (C=O) groups excluding carboxylic acids is 5. The summed E-state index contributed by atoms with van der Waals surface area (Å²) in [6, 6.07) is 18.2. The monoisotopic (exact) mass is 581 g/mol. The highest BCUT2D eigenvalue weighted by molar-refractivity contribution is 6.42. The molecule has 40 heavy (non-hydrogen) atoms.